The molecule has 0 aromatic heterocycles. The maximum atomic E-state index is 8.96. The van der Waals surface area contributed by atoms with Crippen LogP contribution >= 0.6 is 0 Å². The van der Waals surface area contributed by atoms with Gasteiger partial charge in [-0.25, -0.2) is 0 Å². The van der Waals surface area contributed by atoms with Crippen LogP contribution in [0.25, 0.3) is 0 Å². The van der Waals surface area contributed by atoms with Gasteiger partial charge >= 0.3 is 0 Å². The summed E-state index contributed by atoms with van der Waals surface area (Å²) >= 11 is 0. The number of unbranched alkanes of at least 4 members (excludes halogenated alkanes) is 1. The molecule has 0 saturated carbocycles. The molecule has 98 valence electrons. The average molecular weight is 254 g/mol. The van der Waals surface area contributed by atoms with Crippen LogP contribution in [0.4, 0.5) is 0 Å². The second-order valence-electron chi connectivity index (χ2n) is 4.95. The number of aliphatic hydroxyl groups is 1. The summed E-state index contributed by atoms with van der Waals surface area (Å²) in [5, 5.41) is 8.96. The Hall–Kier alpha value is -1.80. The smallest absolute Gasteiger partial charge is 0.131 e. The third-order valence-corrected chi connectivity index (χ3v) is 3.71. The summed E-state index contributed by atoms with van der Waals surface area (Å²) in [7, 11) is 0. The molecule has 1 aliphatic rings. The number of hydrogen-bond donors (Lipinski definition) is 1. The molecule has 1 aliphatic heterocycles. The van der Waals surface area contributed by atoms with Gasteiger partial charge in [0.2, 0.25) is 0 Å². The van der Waals surface area contributed by atoms with Gasteiger partial charge in [-0.1, -0.05) is 42.8 Å². The second kappa shape index (κ2) is 5.45. The Morgan fingerprint density at radius 1 is 0.842 bits per heavy atom. The van der Waals surface area contributed by atoms with Crippen molar-refractivity contribution in [3.63, 3.8) is 0 Å². The van der Waals surface area contributed by atoms with E-state index in [4.69, 9.17) is 9.84 Å². The highest BCUT2D eigenvalue weighted by Gasteiger charge is 2.25. The van der Waals surface area contributed by atoms with Crippen molar-refractivity contribution in [2.75, 3.05) is 6.61 Å². The molecular weight excluding hydrogens is 236 g/mol. The molecule has 0 fully saturated rings. The van der Waals surface area contributed by atoms with Gasteiger partial charge in [0.25, 0.3) is 0 Å². The van der Waals surface area contributed by atoms with E-state index in [-0.39, 0.29) is 6.61 Å². The predicted octanol–water partition coefficient (Wildman–Crippen LogP) is 4.09. The van der Waals surface area contributed by atoms with E-state index >= 15 is 0 Å². The molecule has 0 atom stereocenters. The van der Waals surface area contributed by atoms with E-state index in [1.165, 1.54) is 11.1 Å². The zero-order chi connectivity index (χ0) is 13.1. The lowest BCUT2D eigenvalue weighted by molar-refractivity contribution is 0.281. The van der Waals surface area contributed by atoms with Gasteiger partial charge in [0.15, 0.2) is 0 Å². The van der Waals surface area contributed by atoms with Crippen LogP contribution in [0.15, 0.2) is 48.5 Å². The molecule has 2 aromatic rings. The Bertz CT molecular complexity index is 517. The van der Waals surface area contributed by atoms with Gasteiger partial charge in [0.1, 0.15) is 11.5 Å². The van der Waals surface area contributed by atoms with Crippen LogP contribution in [0.1, 0.15) is 36.3 Å². The first kappa shape index (κ1) is 12.2. The van der Waals surface area contributed by atoms with Crippen LogP contribution in [0.3, 0.4) is 0 Å². The topological polar surface area (TPSA) is 29.5 Å². The zero-order valence-corrected chi connectivity index (χ0v) is 10.9. The largest absolute Gasteiger partial charge is 0.457 e. The van der Waals surface area contributed by atoms with Crippen LogP contribution in [0, 0.1) is 0 Å². The molecule has 1 heterocycles. The van der Waals surface area contributed by atoms with Crippen molar-refractivity contribution in [2.45, 2.75) is 25.2 Å². The van der Waals surface area contributed by atoms with E-state index in [2.05, 4.69) is 24.3 Å². The Balaban J connectivity index is 1.96. The lowest BCUT2D eigenvalue weighted by atomic mass is 9.84. The molecule has 0 amide bonds. The third-order valence-electron chi connectivity index (χ3n) is 3.71. The van der Waals surface area contributed by atoms with E-state index in [9.17, 15) is 0 Å². The minimum atomic E-state index is 0.270. The molecule has 0 bridgehead atoms. The second-order valence-corrected chi connectivity index (χ2v) is 4.95. The monoisotopic (exact) mass is 254 g/mol. The molecule has 0 spiro atoms. The van der Waals surface area contributed by atoms with E-state index < -0.39 is 0 Å². The number of ether oxygens (including phenoxy) is 1. The molecular formula is C17H18O2. The molecule has 2 aromatic carbocycles. The van der Waals surface area contributed by atoms with Gasteiger partial charge in [0.05, 0.1) is 0 Å². The summed E-state index contributed by atoms with van der Waals surface area (Å²) in [6.45, 7) is 0.270. The highest BCUT2D eigenvalue weighted by atomic mass is 16.5. The Morgan fingerprint density at radius 3 is 2.00 bits per heavy atom. The SMILES string of the molecule is OCCCCC1c2ccccc2Oc2ccccc21. The number of para-hydroxylation sites is 2. The van der Waals surface area contributed by atoms with Crippen molar-refractivity contribution in [3.05, 3.63) is 59.7 Å². The molecule has 19 heavy (non-hydrogen) atoms. The summed E-state index contributed by atoms with van der Waals surface area (Å²) in [6, 6.07) is 16.5. The minimum Gasteiger partial charge on any atom is -0.457 e. The molecule has 0 saturated heterocycles. The van der Waals surface area contributed by atoms with Crippen molar-refractivity contribution in [1.82, 2.24) is 0 Å². The van der Waals surface area contributed by atoms with Gasteiger partial charge < -0.3 is 9.84 Å². The van der Waals surface area contributed by atoms with Crippen molar-refractivity contribution >= 4 is 0 Å². The van der Waals surface area contributed by atoms with Crippen molar-refractivity contribution in [3.8, 4) is 11.5 Å². The highest BCUT2D eigenvalue weighted by molar-refractivity contribution is 5.53. The number of benzene rings is 2. The molecule has 0 unspecified atom stereocenters. The van der Waals surface area contributed by atoms with E-state index in [0.29, 0.717) is 5.92 Å². The number of rotatable bonds is 4. The van der Waals surface area contributed by atoms with E-state index in [0.717, 1.165) is 30.8 Å². The maximum Gasteiger partial charge on any atom is 0.131 e. The minimum absolute atomic E-state index is 0.270. The molecule has 0 aliphatic carbocycles. The summed E-state index contributed by atoms with van der Waals surface area (Å²) in [5.74, 6) is 2.32. The lowest BCUT2D eigenvalue weighted by Gasteiger charge is -2.28. The van der Waals surface area contributed by atoms with Crippen LogP contribution in [0.5, 0.6) is 11.5 Å². The van der Waals surface area contributed by atoms with Gasteiger partial charge in [-0.2, -0.15) is 0 Å². The van der Waals surface area contributed by atoms with Crippen molar-refractivity contribution in [1.29, 1.82) is 0 Å². The zero-order valence-electron chi connectivity index (χ0n) is 10.9. The van der Waals surface area contributed by atoms with Crippen LogP contribution in [-0.2, 0) is 0 Å². The predicted molar refractivity (Wildman–Crippen MR) is 75.7 cm³/mol. The first-order chi connectivity index (χ1) is 9.40. The Labute approximate surface area is 113 Å². The molecule has 0 radical (unpaired) electrons. The van der Waals surface area contributed by atoms with Crippen molar-refractivity contribution in [2.24, 2.45) is 0 Å². The van der Waals surface area contributed by atoms with Gasteiger partial charge in [-0.15, -0.1) is 0 Å². The lowest BCUT2D eigenvalue weighted by Crippen LogP contribution is -2.10. The standard InChI is InChI=1S/C17H18O2/c18-12-6-5-7-13-14-8-1-3-10-16(14)19-17-11-4-2-9-15(13)17/h1-4,8-11,13,18H,5-7,12H2. The highest BCUT2D eigenvalue weighted by Crippen LogP contribution is 2.45. The Kier molecular flexibility index (Phi) is 3.51. The fourth-order valence-electron chi connectivity index (χ4n) is 2.78. The molecule has 1 N–H and O–H groups in total. The maximum absolute atomic E-state index is 8.96. The number of hydrogen-bond acceptors (Lipinski definition) is 2. The van der Waals surface area contributed by atoms with E-state index in [1.54, 1.807) is 0 Å². The first-order valence-corrected chi connectivity index (χ1v) is 6.86. The van der Waals surface area contributed by atoms with E-state index in [1.807, 2.05) is 24.3 Å². The molecule has 3 rings (SSSR count). The average Bonchev–Trinajstić information content (AvgIpc) is 2.46. The fraction of sp³-hybridized carbons (Fsp3) is 0.294. The summed E-state index contributed by atoms with van der Waals surface area (Å²) in [6.07, 6.45) is 2.95. The van der Waals surface area contributed by atoms with Gasteiger partial charge in [-0.3, -0.25) is 0 Å². The quantitative estimate of drug-likeness (QED) is 0.833. The third kappa shape index (κ3) is 2.36. The number of fused-ring (bicyclic) bond motifs is 2. The fourth-order valence-corrected chi connectivity index (χ4v) is 2.78. The van der Waals surface area contributed by atoms with Crippen LogP contribution in [-0.4, -0.2) is 11.7 Å². The van der Waals surface area contributed by atoms with Crippen molar-refractivity contribution < 1.29 is 9.84 Å². The van der Waals surface area contributed by atoms with Crippen LogP contribution in [0.2, 0.25) is 0 Å². The van der Waals surface area contributed by atoms with Gasteiger partial charge in [-0.05, 0) is 25.0 Å². The first-order valence-electron chi connectivity index (χ1n) is 6.86. The normalized spacial score (nSPS) is 13.5. The summed E-state index contributed by atoms with van der Waals surface area (Å²) in [5.41, 5.74) is 2.53. The molecule has 2 nitrogen and oxygen atoms in total. The number of aliphatic hydroxyl groups excluding tert-OH is 1. The summed E-state index contributed by atoms with van der Waals surface area (Å²) in [4.78, 5) is 0. The van der Waals surface area contributed by atoms with Crippen LogP contribution < -0.4 is 4.74 Å². The van der Waals surface area contributed by atoms with Gasteiger partial charge in [0, 0.05) is 23.7 Å². The molecule has 2 heteroatoms. The Morgan fingerprint density at radius 2 is 1.42 bits per heavy atom. The summed E-state index contributed by atoms with van der Waals surface area (Å²) < 4.78 is 5.96.